The minimum absolute atomic E-state index is 0.0326. The van der Waals surface area contributed by atoms with Gasteiger partial charge in [0, 0.05) is 30.8 Å². The summed E-state index contributed by atoms with van der Waals surface area (Å²) in [5, 5.41) is 6.63. The zero-order chi connectivity index (χ0) is 21.0. The number of aromatic amines is 1. The fourth-order valence-corrected chi connectivity index (χ4v) is 3.23. The molecule has 9 nitrogen and oxygen atoms in total. The number of ether oxygens (including phenoxy) is 1. The smallest absolute Gasteiger partial charge is 0.467 e. The lowest BCUT2D eigenvalue weighted by atomic mass is 9.85. The SMILES string of the molecule is O=C(c1cc(Cl)[nH]n1)N(Cc1ccc(OCOP(=O)(O)O)cc1F)CC1CCC1. The third-order valence-corrected chi connectivity index (χ3v) is 5.22. The molecule has 0 radical (unpaired) electrons. The van der Waals surface area contributed by atoms with E-state index in [4.69, 9.17) is 26.1 Å². The fourth-order valence-electron chi connectivity index (χ4n) is 2.89. The average molecular weight is 448 g/mol. The molecule has 0 saturated heterocycles. The Morgan fingerprint density at radius 3 is 2.69 bits per heavy atom. The number of nitrogens with one attached hydrogen (secondary N) is 1. The maximum Gasteiger partial charge on any atom is 0.472 e. The summed E-state index contributed by atoms with van der Waals surface area (Å²) < 4.78 is 34.3. The first kappa shape index (κ1) is 21.7. The average Bonchev–Trinajstić information content (AvgIpc) is 3.03. The second-order valence-corrected chi connectivity index (χ2v) is 8.37. The van der Waals surface area contributed by atoms with Crippen LogP contribution in [-0.4, -0.2) is 44.1 Å². The molecule has 12 heteroatoms. The molecule has 1 heterocycles. The number of amides is 1. The Labute approximate surface area is 171 Å². The molecule has 0 atom stereocenters. The van der Waals surface area contributed by atoms with Crippen molar-refractivity contribution in [1.29, 1.82) is 0 Å². The molecule has 1 aromatic carbocycles. The van der Waals surface area contributed by atoms with Gasteiger partial charge in [-0.1, -0.05) is 24.1 Å². The van der Waals surface area contributed by atoms with E-state index in [1.807, 2.05) is 0 Å². The van der Waals surface area contributed by atoms with Gasteiger partial charge in [-0.25, -0.2) is 13.5 Å². The Balaban J connectivity index is 1.69. The topological polar surface area (TPSA) is 125 Å². The summed E-state index contributed by atoms with van der Waals surface area (Å²) in [6.07, 6.45) is 3.14. The van der Waals surface area contributed by atoms with E-state index in [0.29, 0.717) is 12.5 Å². The molecule has 1 fully saturated rings. The highest BCUT2D eigenvalue weighted by atomic mass is 35.5. The van der Waals surface area contributed by atoms with Crippen molar-refractivity contribution in [2.24, 2.45) is 5.92 Å². The number of carbonyl (C=O) groups excluding carboxylic acids is 1. The van der Waals surface area contributed by atoms with E-state index >= 15 is 0 Å². The summed E-state index contributed by atoms with van der Waals surface area (Å²) in [6, 6.07) is 5.36. The Morgan fingerprint density at radius 2 is 2.14 bits per heavy atom. The van der Waals surface area contributed by atoms with Gasteiger partial charge < -0.3 is 19.4 Å². The third-order valence-electron chi connectivity index (χ3n) is 4.59. The van der Waals surface area contributed by atoms with Crippen LogP contribution in [0.2, 0.25) is 5.15 Å². The van der Waals surface area contributed by atoms with Gasteiger partial charge in [-0.3, -0.25) is 9.89 Å². The second kappa shape index (κ2) is 9.23. The zero-order valence-corrected chi connectivity index (χ0v) is 16.9. The van der Waals surface area contributed by atoms with Gasteiger partial charge >= 0.3 is 7.82 Å². The normalized spacial score (nSPS) is 14.5. The number of phosphoric ester groups is 1. The summed E-state index contributed by atoms with van der Waals surface area (Å²) in [7, 11) is -4.67. The van der Waals surface area contributed by atoms with Crippen molar-refractivity contribution in [2.45, 2.75) is 25.8 Å². The van der Waals surface area contributed by atoms with E-state index in [1.54, 1.807) is 0 Å². The number of benzene rings is 1. The summed E-state index contributed by atoms with van der Waals surface area (Å²) in [6.45, 7) is -0.211. The molecule has 29 heavy (non-hydrogen) atoms. The van der Waals surface area contributed by atoms with Crippen LogP contribution in [0.1, 0.15) is 35.3 Å². The van der Waals surface area contributed by atoms with E-state index in [1.165, 1.54) is 23.1 Å². The van der Waals surface area contributed by atoms with Crippen molar-refractivity contribution >= 4 is 25.3 Å². The van der Waals surface area contributed by atoms with E-state index < -0.39 is 20.4 Å². The fraction of sp³-hybridized carbons (Fsp3) is 0.412. The first-order chi connectivity index (χ1) is 13.7. The largest absolute Gasteiger partial charge is 0.472 e. The van der Waals surface area contributed by atoms with E-state index in [-0.39, 0.29) is 34.6 Å². The predicted octanol–water partition coefficient (Wildman–Crippen LogP) is 3.09. The maximum absolute atomic E-state index is 14.5. The number of halogens is 2. The Hall–Kier alpha value is -1.97. The number of hydrogen-bond acceptors (Lipinski definition) is 5. The van der Waals surface area contributed by atoms with Crippen molar-refractivity contribution in [3.63, 3.8) is 0 Å². The third kappa shape index (κ3) is 6.25. The summed E-state index contributed by atoms with van der Waals surface area (Å²) in [4.78, 5) is 31.6. The first-order valence-electron chi connectivity index (χ1n) is 8.83. The van der Waals surface area contributed by atoms with Crippen LogP contribution in [0.25, 0.3) is 0 Å². The Bertz CT molecular complexity index is 916. The van der Waals surface area contributed by atoms with Crippen molar-refractivity contribution in [2.75, 3.05) is 13.3 Å². The Kier molecular flexibility index (Phi) is 6.92. The van der Waals surface area contributed by atoms with Gasteiger partial charge in [-0.15, -0.1) is 0 Å². The molecule has 3 rings (SSSR count). The van der Waals surface area contributed by atoms with E-state index in [9.17, 15) is 13.8 Å². The minimum atomic E-state index is -4.67. The summed E-state index contributed by atoms with van der Waals surface area (Å²) in [5.41, 5.74) is 0.423. The molecular weight excluding hydrogens is 428 g/mol. The van der Waals surface area contributed by atoms with Gasteiger partial charge in [0.1, 0.15) is 16.7 Å². The highest BCUT2D eigenvalue weighted by Crippen LogP contribution is 2.35. The molecule has 1 amide bonds. The second-order valence-electron chi connectivity index (χ2n) is 6.72. The minimum Gasteiger partial charge on any atom is -0.467 e. The van der Waals surface area contributed by atoms with E-state index in [2.05, 4.69) is 14.7 Å². The van der Waals surface area contributed by atoms with Crippen LogP contribution in [0, 0.1) is 11.7 Å². The number of hydrogen-bond donors (Lipinski definition) is 3. The molecule has 3 N–H and O–H groups in total. The van der Waals surface area contributed by atoms with Crippen LogP contribution in [0.4, 0.5) is 4.39 Å². The lowest BCUT2D eigenvalue weighted by molar-refractivity contribution is 0.0671. The molecule has 1 saturated carbocycles. The molecule has 2 aromatic rings. The molecular formula is C17H20ClFN3O6P. The number of aromatic nitrogens is 2. The molecule has 158 valence electrons. The van der Waals surface area contributed by atoms with Crippen molar-refractivity contribution in [1.82, 2.24) is 15.1 Å². The van der Waals surface area contributed by atoms with Crippen LogP contribution in [-0.2, 0) is 15.6 Å². The molecule has 1 aromatic heterocycles. The molecule has 0 bridgehead atoms. The number of nitrogens with zero attached hydrogens (tertiary/aromatic N) is 2. The van der Waals surface area contributed by atoms with Crippen LogP contribution < -0.4 is 4.74 Å². The van der Waals surface area contributed by atoms with Gasteiger partial charge in [0.2, 0.25) is 0 Å². The van der Waals surface area contributed by atoms with Gasteiger partial charge in [-0.05, 0) is 24.8 Å². The van der Waals surface area contributed by atoms with Crippen LogP contribution in [0.3, 0.4) is 0 Å². The first-order valence-corrected chi connectivity index (χ1v) is 10.7. The predicted molar refractivity (Wildman–Crippen MR) is 101 cm³/mol. The van der Waals surface area contributed by atoms with Crippen LogP contribution in [0.5, 0.6) is 5.75 Å². The lowest BCUT2D eigenvalue weighted by Crippen LogP contribution is -2.37. The monoisotopic (exact) mass is 447 g/mol. The molecule has 0 aliphatic heterocycles. The lowest BCUT2D eigenvalue weighted by Gasteiger charge is -2.32. The number of H-pyrrole nitrogens is 1. The summed E-state index contributed by atoms with van der Waals surface area (Å²) in [5.74, 6) is -0.570. The van der Waals surface area contributed by atoms with Crippen molar-refractivity contribution < 1.29 is 32.8 Å². The molecule has 1 aliphatic rings. The highest BCUT2D eigenvalue weighted by Gasteiger charge is 2.26. The van der Waals surface area contributed by atoms with Crippen LogP contribution in [0.15, 0.2) is 24.3 Å². The number of phosphoric acid groups is 1. The number of carbonyl (C=O) groups is 1. The van der Waals surface area contributed by atoms with E-state index in [0.717, 1.165) is 25.3 Å². The standard InChI is InChI=1S/C17H20ClFN3O6P/c18-16-7-15(20-21-16)17(23)22(8-11-2-1-3-11)9-12-4-5-13(6-14(12)19)27-10-28-29(24,25)26/h4-7,11H,1-3,8-10H2,(H,20,21)(H2,24,25,26). The summed E-state index contributed by atoms with van der Waals surface area (Å²) >= 11 is 5.80. The highest BCUT2D eigenvalue weighted by molar-refractivity contribution is 7.46. The quantitative estimate of drug-likeness (QED) is 0.398. The maximum atomic E-state index is 14.5. The van der Waals surface area contributed by atoms with Gasteiger partial charge in [0.25, 0.3) is 5.91 Å². The molecule has 0 unspecified atom stereocenters. The number of rotatable bonds is 9. The molecule has 1 aliphatic carbocycles. The van der Waals surface area contributed by atoms with Crippen molar-refractivity contribution in [3.05, 3.63) is 46.5 Å². The van der Waals surface area contributed by atoms with Gasteiger partial charge in [0.15, 0.2) is 12.5 Å². The van der Waals surface area contributed by atoms with Gasteiger partial charge in [-0.2, -0.15) is 5.10 Å². The van der Waals surface area contributed by atoms with Crippen molar-refractivity contribution in [3.8, 4) is 5.75 Å². The Morgan fingerprint density at radius 1 is 1.38 bits per heavy atom. The zero-order valence-electron chi connectivity index (χ0n) is 15.3. The van der Waals surface area contributed by atoms with Gasteiger partial charge in [0.05, 0.1) is 0 Å². The van der Waals surface area contributed by atoms with Crippen LogP contribution >= 0.6 is 19.4 Å². The molecule has 0 spiro atoms.